The van der Waals surface area contributed by atoms with Crippen molar-refractivity contribution in [1.29, 1.82) is 0 Å². The van der Waals surface area contributed by atoms with Crippen LogP contribution in [0.3, 0.4) is 0 Å². The number of carbonyl (C=O) groups is 1. The Morgan fingerprint density at radius 3 is 2.79 bits per heavy atom. The molecule has 1 aromatic heterocycles. The normalized spacial score (nSPS) is 10.6. The van der Waals surface area contributed by atoms with Crippen LogP contribution in [0.4, 0.5) is 0 Å². The fraction of sp³-hybridized carbons (Fsp3) is 0.500. The predicted molar refractivity (Wildman–Crippen MR) is 57.4 cm³/mol. The minimum Gasteiger partial charge on any atom is -0.292 e. The van der Waals surface area contributed by atoms with Crippen LogP contribution in [0.2, 0.25) is 0 Å². The number of hydrogen-bond acceptors (Lipinski definition) is 2. The van der Waals surface area contributed by atoms with Crippen molar-refractivity contribution in [3.05, 3.63) is 29.6 Å². The van der Waals surface area contributed by atoms with Gasteiger partial charge in [0.05, 0.1) is 0 Å². The smallest absolute Gasteiger partial charge is 0.181 e. The fourth-order valence-electron chi connectivity index (χ4n) is 1.24. The SMILES string of the molecule is Cc1ccnc(C(=O)CCC(C)C)c1. The van der Waals surface area contributed by atoms with Crippen LogP contribution >= 0.6 is 0 Å². The summed E-state index contributed by atoms with van der Waals surface area (Å²) in [5.74, 6) is 0.728. The van der Waals surface area contributed by atoms with Gasteiger partial charge < -0.3 is 0 Å². The van der Waals surface area contributed by atoms with Gasteiger partial charge in [0.15, 0.2) is 5.78 Å². The number of aryl methyl sites for hydroxylation is 1. The molecular formula is C12H17NO. The maximum absolute atomic E-state index is 11.6. The lowest BCUT2D eigenvalue weighted by atomic mass is 10.0. The van der Waals surface area contributed by atoms with Gasteiger partial charge in [-0.25, -0.2) is 0 Å². The first-order valence-corrected chi connectivity index (χ1v) is 5.05. The van der Waals surface area contributed by atoms with Crippen molar-refractivity contribution in [1.82, 2.24) is 4.98 Å². The van der Waals surface area contributed by atoms with Gasteiger partial charge >= 0.3 is 0 Å². The summed E-state index contributed by atoms with van der Waals surface area (Å²) in [6, 6.07) is 3.75. The number of nitrogens with zero attached hydrogens (tertiary/aromatic N) is 1. The molecule has 0 aliphatic carbocycles. The number of ketones is 1. The molecule has 14 heavy (non-hydrogen) atoms. The Bertz CT molecular complexity index is 318. The number of aromatic nitrogens is 1. The Balaban J connectivity index is 2.61. The molecule has 0 fully saturated rings. The van der Waals surface area contributed by atoms with Crippen LogP contribution in [0.1, 0.15) is 42.7 Å². The Kier molecular flexibility index (Phi) is 3.81. The van der Waals surface area contributed by atoms with Crippen molar-refractivity contribution in [2.75, 3.05) is 0 Å². The predicted octanol–water partition coefficient (Wildman–Crippen LogP) is 3.01. The van der Waals surface area contributed by atoms with Gasteiger partial charge in [0.1, 0.15) is 5.69 Å². The van der Waals surface area contributed by atoms with E-state index in [0.717, 1.165) is 12.0 Å². The first kappa shape index (κ1) is 10.9. The molecule has 1 aromatic rings. The maximum Gasteiger partial charge on any atom is 0.181 e. The summed E-state index contributed by atoms with van der Waals surface area (Å²) >= 11 is 0. The number of pyridine rings is 1. The Labute approximate surface area is 85.4 Å². The third-order valence-corrected chi connectivity index (χ3v) is 2.15. The molecule has 0 unspecified atom stereocenters. The highest BCUT2D eigenvalue weighted by Crippen LogP contribution is 2.09. The van der Waals surface area contributed by atoms with Crippen LogP contribution in [0.5, 0.6) is 0 Å². The first-order valence-electron chi connectivity index (χ1n) is 5.05. The minimum absolute atomic E-state index is 0.155. The molecule has 0 aromatic carbocycles. The highest BCUT2D eigenvalue weighted by Gasteiger charge is 2.07. The van der Waals surface area contributed by atoms with Gasteiger partial charge in [0.25, 0.3) is 0 Å². The Hall–Kier alpha value is -1.18. The van der Waals surface area contributed by atoms with E-state index in [1.165, 1.54) is 0 Å². The molecule has 0 bridgehead atoms. The highest BCUT2D eigenvalue weighted by atomic mass is 16.1. The summed E-state index contributed by atoms with van der Waals surface area (Å²) in [4.78, 5) is 15.7. The third kappa shape index (κ3) is 3.29. The number of hydrogen-bond donors (Lipinski definition) is 0. The van der Waals surface area contributed by atoms with Gasteiger partial charge in [-0.15, -0.1) is 0 Å². The van der Waals surface area contributed by atoms with E-state index in [4.69, 9.17) is 0 Å². The van der Waals surface area contributed by atoms with Crippen LogP contribution in [0.25, 0.3) is 0 Å². The fourth-order valence-corrected chi connectivity index (χ4v) is 1.24. The van der Waals surface area contributed by atoms with Crippen molar-refractivity contribution >= 4 is 5.78 Å². The van der Waals surface area contributed by atoms with Crippen molar-refractivity contribution < 1.29 is 4.79 Å². The van der Waals surface area contributed by atoms with Crippen LogP contribution in [-0.4, -0.2) is 10.8 Å². The van der Waals surface area contributed by atoms with E-state index in [1.54, 1.807) is 6.20 Å². The van der Waals surface area contributed by atoms with Crippen molar-refractivity contribution in [3.63, 3.8) is 0 Å². The Morgan fingerprint density at radius 2 is 2.21 bits per heavy atom. The zero-order valence-electron chi connectivity index (χ0n) is 9.08. The number of carbonyl (C=O) groups excluding carboxylic acids is 1. The second kappa shape index (κ2) is 4.89. The summed E-state index contributed by atoms with van der Waals surface area (Å²) in [5, 5.41) is 0. The van der Waals surface area contributed by atoms with Gasteiger partial charge in [0.2, 0.25) is 0 Å². The second-order valence-corrected chi connectivity index (χ2v) is 4.07. The molecule has 0 atom stereocenters. The van der Waals surface area contributed by atoms with Gasteiger partial charge in [-0.05, 0) is 37.0 Å². The topological polar surface area (TPSA) is 30.0 Å². The largest absolute Gasteiger partial charge is 0.292 e. The molecule has 0 spiro atoms. The van der Waals surface area contributed by atoms with Gasteiger partial charge in [-0.1, -0.05) is 13.8 Å². The Morgan fingerprint density at radius 1 is 1.50 bits per heavy atom. The molecule has 0 N–H and O–H groups in total. The van der Waals surface area contributed by atoms with E-state index >= 15 is 0 Å². The van der Waals surface area contributed by atoms with Gasteiger partial charge in [0, 0.05) is 12.6 Å². The van der Waals surface area contributed by atoms with E-state index in [9.17, 15) is 4.79 Å². The molecule has 0 saturated heterocycles. The van der Waals surface area contributed by atoms with Crippen LogP contribution in [-0.2, 0) is 0 Å². The van der Waals surface area contributed by atoms with E-state index < -0.39 is 0 Å². The zero-order chi connectivity index (χ0) is 10.6. The molecule has 0 radical (unpaired) electrons. The summed E-state index contributed by atoms with van der Waals surface area (Å²) < 4.78 is 0. The molecular weight excluding hydrogens is 174 g/mol. The van der Waals surface area contributed by atoms with E-state index in [2.05, 4.69) is 18.8 Å². The lowest BCUT2D eigenvalue weighted by Gasteiger charge is -2.03. The molecule has 76 valence electrons. The summed E-state index contributed by atoms with van der Waals surface area (Å²) in [6.07, 6.45) is 3.24. The highest BCUT2D eigenvalue weighted by molar-refractivity contribution is 5.94. The van der Waals surface area contributed by atoms with Crippen LogP contribution < -0.4 is 0 Å². The number of Topliss-reactive ketones (excluding diaryl/α,β-unsaturated/α-hetero) is 1. The maximum atomic E-state index is 11.6. The van der Waals surface area contributed by atoms with Crippen molar-refractivity contribution in [2.24, 2.45) is 5.92 Å². The standard InChI is InChI=1S/C12H17NO/c1-9(2)4-5-12(14)11-8-10(3)6-7-13-11/h6-9H,4-5H2,1-3H3. The van der Waals surface area contributed by atoms with Crippen molar-refractivity contribution in [3.8, 4) is 0 Å². The van der Waals surface area contributed by atoms with Crippen molar-refractivity contribution in [2.45, 2.75) is 33.6 Å². The lowest BCUT2D eigenvalue weighted by Crippen LogP contribution is -2.03. The molecule has 0 amide bonds. The average Bonchev–Trinajstić information content (AvgIpc) is 2.14. The van der Waals surface area contributed by atoms with E-state index in [0.29, 0.717) is 18.0 Å². The molecule has 0 aliphatic rings. The lowest BCUT2D eigenvalue weighted by molar-refractivity contribution is 0.0970. The zero-order valence-corrected chi connectivity index (χ0v) is 9.08. The monoisotopic (exact) mass is 191 g/mol. The molecule has 2 heteroatoms. The summed E-state index contributed by atoms with van der Waals surface area (Å²) in [7, 11) is 0. The van der Waals surface area contributed by atoms with Gasteiger partial charge in [-0.3, -0.25) is 9.78 Å². The van der Waals surface area contributed by atoms with E-state index in [-0.39, 0.29) is 5.78 Å². The quantitative estimate of drug-likeness (QED) is 0.685. The minimum atomic E-state index is 0.155. The third-order valence-electron chi connectivity index (χ3n) is 2.15. The average molecular weight is 191 g/mol. The molecule has 1 heterocycles. The number of rotatable bonds is 4. The first-order chi connectivity index (χ1) is 6.59. The van der Waals surface area contributed by atoms with Gasteiger partial charge in [-0.2, -0.15) is 0 Å². The summed E-state index contributed by atoms with van der Waals surface area (Å²) in [5.41, 5.74) is 1.69. The summed E-state index contributed by atoms with van der Waals surface area (Å²) in [6.45, 7) is 6.22. The molecule has 0 aliphatic heterocycles. The molecule has 2 nitrogen and oxygen atoms in total. The van der Waals surface area contributed by atoms with Crippen LogP contribution in [0.15, 0.2) is 18.3 Å². The van der Waals surface area contributed by atoms with E-state index in [1.807, 2.05) is 19.1 Å². The molecule has 1 rings (SSSR count). The van der Waals surface area contributed by atoms with Crippen LogP contribution in [0, 0.1) is 12.8 Å². The molecule has 0 saturated carbocycles. The second-order valence-electron chi connectivity index (χ2n) is 4.07.